The molecule has 0 aromatic carbocycles. The van der Waals surface area contributed by atoms with Crippen LogP contribution >= 0.6 is 11.3 Å². The first-order valence-electron chi connectivity index (χ1n) is 7.12. The maximum atomic E-state index is 12.5. The number of hydrogen-bond donors (Lipinski definition) is 2. The van der Waals surface area contributed by atoms with Crippen molar-refractivity contribution in [3.63, 3.8) is 0 Å². The van der Waals surface area contributed by atoms with E-state index < -0.39 is 12.0 Å². The van der Waals surface area contributed by atoms with Crippen molar-refractivity contribution in [2.75, 3.05) is 13.2 Å². The predicted octanol–water partition coefficient (Wildman–Crippen LogP) is 1.84. The summed E-state index contributed by atoms with van der Waals surface area (Å²) in [5, 5.41) is 13.8. The third-order valence-electron chi connectivity index (χ3n) is 4.09. The number of fused-ring (bicyclic) bond motifs is 1. The number of nitrogens with one attached hydrogen (secondary N) is 1. The molecule has 1 aliphatic heterocycles. The van der Waals surface area contributed by atoms with E-state index in [4.69, 9.17) is 4.74 Å². The van der Waals surface area contributed by atoms with E-state index in [2.05, 4.69) is 5.32 Å². The molecule has 1 aromatic heterocycles. The summed E-state index contributed by atoms with van der Waals surface area (Å²) in [6.07, 6.45) is 3.05. The van der Waals surface area contributed by atoms with Crippen LogP contribution in [0.2, 0.25) is 0 Å². The number of hydrogen-bond acceptors (Lipinski definition) is 4. The minimum absolute atomic E-state index is 0.0801. The lowest BCUT2D eigenvalue weighted by molar-refractivity contribution is -0.139. The molecule has 0 bridgehead atoms. The Morgan fingerprint density at radius 1 is 1.48 bits per heavy atom. The second-order valence-corrected chi connectivity index (χ2v) is 6.32. The number of carboxylic acid groups (broad SMARTS) is 1. The first-order valence-corrected chi connectivity index (χ1v) is 7.99. The van der Waals surface area contributed by atoms with Gasteiger partial charge in [0, 0.05) is 11.4 Å². The van der Waals surface area contributed by atoms with Gasteiger partial charge in [-0.05, 0) is 30.7 Å². The van der Waals surface area contributed by atoms with E-state index in [9.17, 15) is 14.7 Å². The average Bonchev–Trinajstić information content (AvgIpc) is 3.14. The standard InChI is InChI=1S/C14H18N2O4S/c17-13(18)12(11-5-2-8-21-11)15-14(19)16-6-7-20-10-4-1-3-9(10)16/h2,5,8-10,12H,1,3-4,6-7H2,(H,15,19)(H,17,18). The van der Waals surface area contributed by atoms with E-state index in [1.54, 1.807) is 22.4 Å². The summed E-state index contributed by atoms with van der Waals surface area (Å²) >= 11 is 1.33. The van der Waals surface area contributed by atoms with Gasteiger partial charge in [-0.1, -0.05) is 6.07 Å². The lowest BCUT2D eigenvalue weighted by atomic mass is 10.1. The highest BCUT2D eigenvalue weighted by molar-refractivity contribution is 7.10. The highest BCUT2D eigenvalue weighted by Crippen LogP contribution is 2.30. The summed E-state index contributed by atoms with van der Waals surface area (Å²) in [5.41, 5.74) is 0. The second-order valence-electron chi connectivity index (χ2n) is 5.34. The topological polar surface area (TPSA) is 78.9 Å². The van der Waals surface area contributed by atoms with Gasteiger partial charge in [0.05, 0.1) is 18.8 Å². The molecule has 0 spiro atoms. The van der Waals surface area contributed by atoms with E-state index in [-0.39, 0.29) is 18.2 Å². The number of amides is 2. The van der Waals surface area contributed by atoms with Crippen LogP contribution in [-0.2, 0) is 9.53 Å². The Morgan fingerprint density at radius 2 is 2.33 bits per heavy atom. The van der Waals surface area contributed by atoms with Crippen molar-refractivity contribution in [1.29, 1.82) is 0 Å². The molecule has 1 saturated heterocycles. The number of rotatable bonds is 3. The molecule has 1 aliphatic carbocycles. The highest BCUT2D eigenvalue weighted by atomic mass is 32.1. The van der Waals surface area contributed by atoms with E-state index >= 15 is 0 Å². The summed E-state index contributed by atoms with van der Waals surface area (Å²) < 4.78 is 5.67. The Bertz CT molecular complexity index is 519. The lowest BCUT2D eigenvalue weighted by Crippen LogP contribution is -2.55. The number of carbonyl (C=O) groups excluding carboxylic acids is 1. The third-order valence-corrected chi connectivity index (χ3v) is 5.02. The van der Waals surface area contributed by atoms with Gasteiger partial charge < -0.3 is 20.1 Å². The van der Waals surface area contributed by atoms with Crippen molar-refractivity contribution in [1.82, 2.24) is 10.2 Å². The normalized spacial score (nSPS) is 26.2. The van der Waals surface area contributed by atoms with Gasteiger partial charge in [-0.3, -0.25) is 0 Å². The average molecular weight is 310 g/mol. The number of carboxylic acids is 1. The Morgan fingerprint density at radius 3 is 3.05 bits per heavy atom. The van der Waals surface area contributed by atoms with Crippen molar-refractivity contribution >= 4 is 23.3 Å². The van der Waals surface area contributed by atoms with Crippen LogP contribution in [0, 0.1) is 0 Å². The number of carbonyl (C=O) groups is 2. The van der Waals surface area contributed by atoms with Gasteiger partial charge in [-0.15, -0.1) is 11.3 Å². The molecule has 3 rings (SSSR count). The predicted molar refractivity (Wildman–Crippen MR) is 77.3 cm³/mol. The molecular weight excluding hydrogens is 292 g/mol. The van der Waals surface area contributed by atoms with E-state index in [0.717, 1.165) is 19.3 Å². The molecular formula is C14H18N2O4S. The van der Waals surface area contributed by atoms with Gasteiger partial charge in [-0.2, -0.15) is 0 Å². The summed E-state index contributed by atoms with van der Waals surface area (Å²) in [6, 6.07) is 2.29. The van der Waals surface area contributed by atoms with Crippen molar-refractivity contribution in [3.05, 3.63) is 22.4 Å². The minimum atomic E-state index is -1.04. The molecule has 6 nitrogen and oxygen atoms in total. The van der Waals surface area contributed by atoms with Crippen LogP contribution in [0.3, 0.4) is 0 Å². The van der Waals surface area contributed by atoms with Crippen LogP contribution in [0.25, 0.3) is 0 Å². The first-order chi connectivity index (χ1) is 10.2. The molecule has 2 N–H and O–H groups in total. The van der Waals surface area contributed by atoms with E-state index in [0.29, 0.717) is 18.0 Å². The summed E-state index contributed by atoms with van der Waals surface area (Å²) in [7, 11) is 0. The van der Waals surface area contributed by atoms with E-state index in [1.807, 2.05) is 0 Å². The van der Waals surface area contributed by atoms with Gasteiger partial charge in [0.25, 0.3) is 0 Å². The molecule has 1 aromatic rings. The monoisotopic (exact) mass is 310 g/mol. The zero-order chi connectivity index (χ0) is 14.8. The van der Waals surface area contributed by atoms with Gasteiger partial charge in [0.2, 0.25) is 0 Å². The third kappa shape index (κ3) is 2.89. The quantitative estimate of drug-likeness (QED) is 0.893. The molecule has 3 unspecified atom stereocenters. The van der Waals surface area contributed by atoms with Gasteiger partial charge in [0.1, 0.15) is 0 Å². The van der Waals surface area contributed by atoms with Gasteiger partial charge in [-0.25, -0.2) is 9.59 Å². The number of nitrogens with zero attached hydrogens (tertiary/aromatic N) is 1. The molecule has 21 heavy (non-hydrogen) atoms. The number of urea groups is 1. The molecule has 1 saturated carbocycles. The molecule has 7 heteroatoms. The van der Waals surface area contributed by atoms with Crippen molar-refractivity contribution in [2.24, 2.45) is 0 Å². The Labute approximate surface area is 126 Å². The van der Waals surface area contributed by atoms with Crippen LogP contribution in [0.15, 0.2) is 17.5 Å². The zero-order valence-electron chi connectivity index (χ0n) is 11.5. The molecule has 2 fully saturated rings. The maximum absolute atomic E-state index is 12.5. The fourth-order valence-corrected chi connectivity index (χ4v) is 3.86. The summed E-state index contributed by atoms with van der Waals surface area (Å²) in [4.78, 5) is 26.2. The lowest BCUT2D eigenvalue weighted by Gasteiger charge is -2.38. The Kier molecular flexibility index (Phi) is 4.12. The van der Waals surface area contributed by atoms with Crippen LogP contribution in [0.4, 0.5) is 4.79 Å². The fraction of sp³-hybridized carbons (Fsp3) is 0.571. The van der Waals surface area contributed by atoms with Gasteiger partial charge in [0.15, 0.2) is 6.04 Å². The highest BCUT2D eigenvalue weighted by Gasteiger charge is 2.39. The van der Waals surface area contributed by atoms with Crippen LogP contribution in [0.1, 0.15) is 30.2 Å². The second kappa shape index (κ2) is 6.03. The fourth-order valence-electron chi connectivity index (χ4n) is 3.09. The molecule has 114 valence electrons. The number of aliphatic carboxylic acids is 1. The molecule has 2 aliphatic rings. The SMILES string of the molecule is O=C(O)C(NC(=O)N1CCOC2CCCC21)c1cccs1. The Hall–Kier alpha value is -1.60. The largest absolute Gasteiger partial charge is 0.479 e. The first kappa shape index (κ1) is 14.3. The van der Waals surface area contributed by atoms with Crippen LogP contribution in [0.5, 0.6) is 0 Å². The van der Waals surface area contributed by atoms with Crippen molar-refractivity contribution in [2.45, 2.75) is 37.5 Å². The zero-order valence-corrected chi connectivity index (χ0v) is 12.3. The molecule has 0 radical (unpaired) electrons. The summed E-state index contributed by atoms with van der Waals surface area (Å²) in [6.45, 7) is 1.04. The van der Waals surface area contributed by atoms with Crippen LogP contribution in [-0.4, -0.2) is 47.3 Å². The molecule has 3 atom stereocenters. The minimum Gasteiger partial charge on any atom is -0.479 e. The van der Waals surface area contributed by atoms with Crippen LogP contribution < -0.4 is 5.32 Å². The number of thiophene rings is 1. The number of ether oxygens (including phenoxy) is 1. The molecule has 2 heterocycles. The molecule has 2 amide bonds. The van der Waals surface area contributed by atoms with Crippen molar-refractivity contribution < 1.29 is 19.4 Å². The van der Waals surface area contributed by atoms with Gasteiger partial charge >= 0.3 is 12.0 Å². The van der Waals surface area contributed by atoms with Crippen molar-refractivity contribution in [3.8, 4) is 0 Å². The summed E-state index contributed by atoms with van der Waals surface area (Å²) in [5.74, 6) is -1.04. The Balaban J connectivity index is 1.71. The maximum Gasteiger partial charge on any atom is 0.331 e. The number of morpholine rings is 1. The smallest absolute Gasteiger partial charge is 0.331 e. The van der Waals surface area contributed by atoms with E-state index in [1.165, 1.54) is 11.3 Å².